The zero-order valence-electron chi connectivity index (χ0n) is 13.6. The van der Waals surface area contributed by atoms with Crippen molar-refractivity contribution in [3.05, 3.63) is 40.6 Å². The number of carbonyl (C=O) groups excluding carboxylic acids is 1. The van der Waals surface area contributed by atoms with Crippen LogP contribution in [-0.2, 0) is 21.4 Å². The number of sulfonamides is 1. The number of rotatable bonds is 8. The summed E-state index contributed by atoms with van der Waals surface area (Å²) >= 11 is 1.42. The summed E-state index contributed by atoms with van der Waals surface area (Å²) in [6, 6.07) is 5.93. The van der Waals surface area contributed by atoms with Crippen LogP contribution in [0.1, 0.15) is 5.56 Å². The van der Waals surface area contributed by atoms with Crippen molar-refractivity contribution in [1.29, 1.82) is 0 Å². The normalized spacial score (nSPS) is 11.4. The number of hydroxylamine groups is 1. The van der Waals surface area contributed by atoms with Crippen LogP contribution in [0.3, 0.4) is 0 Å². The monoisotopic (exact) mass is 386 g/mol. The van der Waals surface area contributed by atoms with Gasteiger partial charge in [-0.15, -0.1) is 0 Å². The van der Waals surface area contributed by atoms with Gasteiger partial charge in [0.2, 0.25) is 10.0 Å². The fraction of sp³-hybridized carbons (Fsp3) is 0.267. The fourth-order valence-electron chi connectivity index (χ4n) is 2.13. The maximum absolute atomic E-state index is 12.9. The number of methoxy groups -OCH3 is 2. The quantitative estimate of drug-likeness (QED) is 0.526. The van der Waals surface area contributed by atoms with Gasteiger partial charge in [0, 0.05) is 12.6 Å². The van der Waals surface area contributed by atoms with Crippen molar-refractivity contribution in [3.63, 3.8) is 0 Å². The van der Waals surface area contributed by atoms with E-state index >= 15 is 0 Å². The predicted molar refractivity (Wildman–Crippen MR) is 91.4 cm³/mol. The smallest absolute Gasteiger partial charge is 0.258 e. The Labute approximate surface area is 149 Å². The molecule has 10 heteroatoms. The first-order valence-electron chi connectivity index (χ1n) is 7.08. The van der Waals surface area contributed by atoms with Crippen LogP contribution in [-0.4, -0.2) is 44.6 Å². The van der Waals surface area contributed by atoms with E-state index in [1.165, 1.54) is 49.2 Å². The van der Waals surface area contributed by atoms with Crippen LogP contribution in [0.4, 0.5) is 0 Å². The number of carbonyl (C=O) groups is 1. The highest BCUT2D eigenvalue weighted by Crippen LogP contribution is 2.31. The van der Waals surface area contributed by atoms with Gasteiger partial charge in [-0.2, -0.15) is 15.6 Å². The molecule has 25 heavy (non-hydrogen) atoms. The molecule has 2 aromatic rings. The molecule has 0 atom stereocenters. The first kappa shape index (κ1) is 19.2. The third-order valence-electron chi connectivity index (χ3n) is 3.38. The molecule has 2 rings (SSSR count). The Morgan fingerprint density at radius 2 is 1.96 bits per heavy atom. The van der Waals surface area contributed by atoms with Crippen molar-refractivity contribution >= 4 is 27.3 Å². The van der Waals surface area contributed by atoms with Gasteiger partial charge in [-0.25, -0.2) is 13.9 Å². The molecule has 1 amide bonds. The van der Waals surface area contributed by atoms with Crippen molar-refractivity contribution in [2.24, 2.45) is 0 Å². The Morgan fingerprint density at radius 3 is 2.52 bits per heavy atom. The molecule has 0 aliphatic heterocycles. The third-order valence-corrected chi connectivity index (χ3v) is 5.90. The van der Waals surface area contributed by atoms with Gasteiger partial charge in [0.05, 0.1) is 25.7 Å². The second kappa shape index (κ2) is 8.30. The summed E-state index contributed by atoms with van der Waals surface area (Å²) in [6.07, 6.45) is 0. The Kier molecular flexibility index (Phi) is 6.37. The highest BCUT2D eigenvalue weighted by atomic mass is 32.2. The van der Waals surface area contributed by atoms with E-state index < -0.39 is 22.5 Å². The number of nitrogens with zero attached hydrogens (tertiary/aromatic N) is 1. The lowest BCUT2D eigenvalue weighted by Crippen LogP contribution is -2.39. The van der Waals surface area contributed by atoms with Gasteiger partial charge in [-0.3, -0.25) is 10.0 Å². The molecule has 0 saturated carbocycles. The van der Waals surface area contributed by atoms with E-state index in [1.54, 1.807) is 11.4 Å². The van der Waals surface area contributed by atoms with Gasteiger partial charge in [0.1, 0.15) is 0 Å². The van der Waals surface area contributed by atoms with Crippen LogP contribution in [0.2, 0.25) is 0 Å². The first-order valence-corrected chi connectivity index (χ1v) is 9.47. The fourth-order valence-corrected chi connectivity index (χ4v) is 4.19. The molecule has 1 aromatic heterocycles. The van der Waals surface area contributed by atoms with Crippen LogP contribution >= 0.6 is 11.3 Å². The van der Waals surface area contributed by atoms with Crippen LogP contribution in [0, 0.1) is 0 Å². The highest BCUT2D eigenvalue weighted by molar-refractivity contribution is 7.89. The van der Waals surface area contributed by atoms with Crippen LogP contribution < -0.4 is 15.0 Å². The minimum absolute atomic E-state index is 0.00635. The number of benzene rings is 1. The largest absolute Gasteiger partial charge is 0.493 e. The Hall–Kier alpha value is -2.14. The molecule has 1 heterocycles. The third kappa shape index (κ3) is 4.48. The summed E-state index contributed by atoms with van der Waals surface area (Å²) in [7, 11) is -1.17. The second-order valence-corrected chi connectivity index (χ2v) is 7.67. The minimum Gasteiger partial charge on any atom is -0.493 e. The van der Waals surface area contributed by atoms with Crippen molar-refractivity contribution in [2.45, 2.75) is 11.4 Å². The molecular weight excluding hydrogens is 368 g/mol. The lowest BCUT2D eigenvalue weighted by Gasteiger charge is -2.21. The summed E-state index contributed by atoms with van der Waals surface area (Å²) in [5.74, 6) is -0.191. The number of thiophene rings is 1. The van der Waals surface area contributed by atoms with E-state index in [4.69, 9.17) is 14.7 Å². The van der Waals surface area contributed by atoms with Gasteiger partial charge in [0.15, 0.2) is 11.5 Å². The summed E-state index contributed by atoms with van der Waals surface area (Å²) in [6.45, 7) is -0.531. The van der Waals surface area contributed by atoms with Gasteiger partial charge >= 0.3 is 0 Å². The zero-order valence-corrected chi connectivity index (χ0v) is 15.3. The van der Waals surface area contributed by atoms with Crippen molar-refractivity contribution < 1.29 is 27.9 Å². The highest BCUT2D eigenvalue weighted by Gasteiger charge is 2.28. The van der Waals surface area contributed by atoms with E-state index in [9.17, 15) is 13.2 Å². The maximum Gasteiger partial charge on any atom is 0.258 e. The molecule has 2 N–H and O–H groups in total. The SMILES string of the molecule is COc1ccc(S(=O)(=O)N(CC(=O)NO)Cc2ccsc2)cc1OC. The topological polar surface area (TPSA) is 105 Å². The number of amides is 1. The van der Waals surface area contributed by atoms with Crippen LogP contribution in [0.15, 0.2) is 39.9 Å². The molecule has 136 valence electrons. The predicted octanol–water partition coefficient (Wildman–Crippen LogP) is 1.46. The molecule has 0 bridgehead atoms. The van der Waals surface area contributed by atoms with Gasteiger partial charge in [-0.05, 0) is 34.5 Å². The van der Waals surface area contributed by atoms with Crippen molar-refractivity contribution in [2.75, 3.05) is 20.8 Å². The molecule has 0 radical (unpaired) electrons. The number of hydrogen-bond donors (Lipinski definition) is 2. The lowest BCUT2D eigenvalue weighted by atomic mass is 10.3. The van der Waals surface area contributed by atoms with Crippen molar-refractivity contribution in [3.8, 4) is 11.5 Å². The average molecular weight is 386 g/mol. The number of nitrogens with one attached hydrogen (secondary N) is 1. The Morgan fingerprint density at radius 1 is 1.24 bits per heavy atom. The van der Waals surface area contributed by atoms with E-state index in [-0.39, 0.29) is 17.2 Å². The molecule has 0 saturated heterocycles. The van der Waals surface area contributed by atoms with Gasteiger partial charge in [0.25, 0.3) is 5.91 Å². The molecule has 1 aromatic carbocycles. The molecule has 8 nitrogen and oxygen atoms in total. The van der Waals surface area contributed by atoms with E-state index in [1.807, 2.05) is 5.38 Å². The molecule has 0 unspecified atom stereocenters. The summed E-state index contributed by atoms with van der Waals surface area (Å²) < 4.78 is 37.1. The van der Waals surface area contributed by atoms with E-state index in [0.29, 0.717) is 5.75 Å². The molecular formula is C15H18N2O6S2. The zero-order chi connectivity index (χ0) is 18.4. The van der Waals surface area contributed by atoms with Gasteiger partial charge < -0.3 is 9.47 Å². The number of hydrogen-bond acceptors (Lipinski definition) is 7. The summed E-state index contributed by atoms with van der Waals surface area (Å²) in [5, 5.41) is 12.3. The Bertz CT molecular complexity index is 821. The summed E-state index contributed by atoms with van der Waals surface area (Å²) in [5.41, 5.74) is 2.19. The standard InChI is InChI=1S/C15H18N2O6S2/c1-22-13-4-3-12(7-14(13)23-2)25(20,21)17(9-15(18)16-19)8-11-5-6-24-10-11/h3-7,10,19H,8-9H2,1-2H3,(H,16,18). The van der Waals surface area contributed by atoms with Crippen LogP contribution in [0.25, 0.3) is 0 Å². The maximum atomic E-state index is 12.9. The second-order valence-electron chi connectivity index (χ2n) is 4.96. The average Bonchev–Trinajstić information content (AvgIpc) is 3.13. The summed E-state index contributed by atoms with van der Waals surface area (Å²) in [4.78, 5) is 11.5. The first-order chi connectivity index (χ1) is 11.9. The minimum atomic E-state index is -4.01. The molecule has 0 spiro atoms. The molecule has 0 aliphatic carbocycles. The molecule has 0 aliphatic rings. The van der Waals surface area contributed by atoms with Crippen molar-refractivity contribution in [1.82, 2.24) is 9.79 Å². The Balaban J connectivity index is 2.41. The lowest BCUT2D eigenvalue weighted by molar-refractivity contribution is -0.129. The van der Waals surface area contributed by atoms with Crippen LogP contribution in [0.5, 0.6) is 11.5 Å². The van der Waals surface area contributed by atoms with Gasteiger partial charge in [-0.1, -0.05) is 0 Å². The van der Waals surface area contributed by atoms with E-state index in [2.05, 4.69) is 0 Å². The number of ether oxygens (including phenoxy) is 2. The van der Waals surface area contributed by atoms with E-state index in [0.717, 1.165) is 9.87 Å². The molecule has 0 fully saturated rings.